The molecule has 1 fully saturated rings. The SMILES string of the molecule is NCc1ccc(-c2noc(-c3ccc(CN4CCCC4)cc3)n2)cc1. The van der Waals surface area contributed by atoms with Crippen LogP contribution in [0.25, 0.3) is 22.8 Å². The summed E-state index contributed by atoms with van der Waals surface area (Å²) in [4.78, 5) is 7.01. The summed E-state index contributed by atoms with van der Waals surface area (Å²) in [5.74, 6) is 1.14. The van der Waals surface area contributed by atoms with Crippen LogP contribution in [0, 0.1) is 0 Å². The number of hydrogen-bond donors (Lipinski definition) is 1. The molecule has 0 saturated carbocycles. The largest absolute Gasteiger partial charge is 0.334 e. The third kappa shape index (κ3) is 3.62. The van der Waals surface area contributed by atoms with Crippen LogP contribution in [0.2, 0.25) is 0 Å². The van der Waals surface area contributed by atoms with Gasteiger partial charge in [-0.05, 0) is 49.2 Å². The number of likely N-dealkylation sites (tertiary alicyclic amines) is 1. The van der Waals surface area contributed by atoms with Crippen molar-refractivity contribution in [2.24, 2.45) is 5.73 Å². The van der Waals surface area contributed by atoms with Crippen molar-refractivity contribution in [3.8, 4) is 22.8 Å². The molecule has 2 aromatic carbocycles. The summed E-state index contributed by atoms with van der Waals surface area (Å²) in [5, 5.41) is 4.10. The Morgan fingerprint density at radius 1 is 0.880 bits per heavy atom. The smallest absolute Gasteiger partial charge is 0.258 e. The molecule has 2 N–H and O–H groups in total. The van der Waals surface area contributed by atoms with Crippen molar-refractivity contribution < 1.29 is 4.52 Å². The van der Waals surface area contributed by atoms with Gasteiger partial charge in [-0.1, -0.05) is 41.6 Å². The third-order valence-electron chi connectivity index (χ3n) is 4.68. The van der Waals surface area contributed by atoms with Gasteiger partial charge in [0.15, 0.2) is 0 Å². The van der Waals surface area contributed by atoms with Gasteiger partial charge in [-0.3, -0.25) is 4.90 Å². The van der Waals surface area contributed by atoms with Crippen molar-refractivity contribution in [3.05, 3.63) is 59.7 Å². The van der Waals surface area contributed by atoms with Crippen LogP contribution in [0.4, 0.5) is 0 Å². The maximum atomic E-state index is 5.63. The number of nitrogens with two attached hydrogens (primary N) is 1. The van der Waals surface area contributed by atoms with Gasteiger partial charge >= 0.3 is 0 Å². The molecule has 5 heteroatoms. The third-order valence-corrected chi connectivity index (χ3v) is 4.68. The molecule has 1 saturated heterocycles. The Kier molecular flexibility index (Phi) is 4.59. The van der Waals surface area contributed by atoms with Gasteiger partial charge in [0.05, 0.1) is 0 Å². The standard InChI is InChI=1S/C20H22N4O/c21-13-15-3-7-17(8-4-15)19-22-20(25-23-19)18-9-5-16(6-10-18)14-24-11-1-2-12-24/h3-10H,1-2,11-14,21H2. The topological polar surface area (TPSA) is 68.2 Å². The van der Waals surface area contributed by atoms with Crippen LogP contribution < -0.4 is 5.73 Å². The van der Waals surface area contributed by atoms with E-state index in [1.165, 1.54) is 31.5 Å². The van der Waals surface area contributed by atoms with E-state index in [1.54, 1.807) is 0 Å². The predicted octanol–water partition coefficient (Wildman–Crippen LogP) is 3.46. The normalized spacial score (nSPS) is 14.9. The number of rotatable bonds is 5. The lowest BCUT2D eigenvalue weighted by molar-refractivity contribution is 0.331. The van der Waals surface area contributed by atoms with Crippen molar-refractivity contribution in [1.29, 1.82) is 0 Å². The maximum Gasteiger partial charge on any atom is 0.258 e. The number of nitrogens with zero attached hydrogens (tertiary/aromatic N) is 3. The molecular formula is C20H22N4O. The van der Waals surface area contributed by atoms with Gasteiger partial charge in [-0.15, -0.1) is 0 Å². The molecule has 128 valence electrons. The summed E-state index contributed by atoms with van der Waals surface area (Å²) in [5.41, 5.74) is 9.91. The van der Waals surface area contributed by atoms with Crippen LogP contribution >= 0.6 is 0 Å². The Hall–Kier alpha value is -2.50. The fourth-order valence-electron chi connectivity index (χ4n) is 3.20. The first-order chi connectivity index (χ1) is 12.3. The number of benzene rings is 2. The van der Waals surface area contributed by atoms with E-state index < -0.39 is 0 Å². The summed E-state index contributed by atoms with van der Waals surface area (Å²) in [6.07, 6.45) is 2.63. The first-order valence-electron chi connectivity index (χ1n) is 8.76. The van der Waals surface area contributed by atoms with Crippen LogP contribution in [0.5, 0.6) is 0 Å². The minimum absolute atomic E-state index is 0.529. The van der Waals surface area contributed by atoms with Crippen molar-refractivity contribution in [2.45, 2.75) is 25.9 Å². The summed E-state index contributed by atoms with van der Waals surface area (Å²) in [6, 6.07) is 16.3. The number of aromatic nitrogens is 2. The molecule has 0 bridgehead atoms. The second-order valence-corrected chi connectivity index (χ2v) is 6.50. The Morgan fingerprint density at radius 2 is 1.52 bits per heavy atom. The molecule has 1 aliphatic rings. The molecule has 2 heterocycles. The summed E-state index contributed by atoms with van der Waals surface area (Å²) < 4.78 is 5.44. The molecule has 1 aliphatic heterocycles. The molecule has 0 spiro atoms. The van der Waals surface area contributed by atoms with E-state index in [2.05, 4.69) is 39.3 Å². The summed E-state index contributed by atoms with van der Waals surface area (Å²) in [7, 11) is 0. The van der Waals surface area contributed by atoms with Gasteiger partial charge in [-0.2, -0.15) is 4.98 Å². The van der Waals surface area contributed by atoms with Gasteiger partial charge in [0.2, 0.25) is 5.82 Å². The van der Waals surface area contributed by atoms with Gasteiger partial charge in [0.1, 0.15) is 0 Å². The van der Waals surface area contributed by atoms with E-state index in [9.17, 15) is 0 Å². The average Bonchev–Trinajstić information content (AvgIpc) is 3.34. The first-order valence-corrected chi connectivity index (χ1v) is 8.76. The van der Waals surface area contributed by atoms with Gasteiger partial charge in [-0.25, -0.2) is 0 Å². The van der Waals surface area contributed by atoms with Gasteiger partial charge in [0.25, 0.3) is 5.89 Å². The molecule has 0 radical (unpaired) electrons. The lowest BCUT2D eigenvalue weighted by atomic mass is 10.1. The minimum atomic E-state index is 0.529. The molecular weight excluding hydrogens is 312 g/mol. The highest BCUT2D eigenvalue weighted by Crippen LogP contribution is 2.23. The average molecular weight is 334 g/mol. The zero-order chi connectivity index (χ0) is 17.1. The lowest BCUT2D eigenvalue weighted by Gasteiger charge is -2.14. The van der Waals surface area contributed by atoms with E-state index in [4.69, 9.17) is 10.3 Å². The second-order valence-electron chi connectivity index (χ2n) is 6.50. The van der Waals surface area contributed by atoms with E-state index in [1.807, 2.05) is 24.3 Å². The highest BCUT2D eigenvalue weighted by molar-refractivity contribution is 5.60. The monoisotopic (exact) mass is 334 g/mol. The van der Waals surface area contributed by atoms with Crippen molar-refractivity contribution in [2.75, 3.05) is 13.1 Å². The molecule has 0 atom stereocenters. The zero-order valence-corrected chi connectivity index (χ0v) is 14.2. The van der Waals surface area contributed by atoms with Crippen molar-refractivity contribution >= 4 is 0 Å². The predicted molar refractivity (Wildman–Crippen MR) is 97.6 cm³/mol. The zero-order valence-electron chi connectivity index (χ0n) is 14.2. The maximum absolute atomic E-state index is 5.63. The van der Waals surface area contributed by atoms with Crippen LogP contribution in [0.3, 0.4) is 0 Å². The van der Waals surface area contributed by atoms with E-state index in [-0.39, 0.29) is 0 Å². The van der Waals surface area contributed by atoms with Gasteiger partial charge < -0.3 is 10.3 Å². The van der Waals surface area contributed by atoms with E-state index in [0.29, 0.717) is 18.3 Å². The molecule has 25 heavy (non-hydrogen) atoms. The molecule has 0 aliphatic carbocycles. The Bertz CT molecular complexity index is 818. The summed E-state index contributed by atoms with van der Waals surface area (Å²) >= 11 is 0. The fourth-order valence-corrected chi connectivity index (χ4v) is 3.20. The second kappa shape index (κ2) is 7.17. The van der Waals surface area contributed by atoms with Gasteiger partial charge in [0, 0.05) is 24.2 Å². The van der Waals surface area contributed by atoms with Crippen molar-refractivity contribution in [3.63, 3.8) is 0 Å². The molecule has 4 rings (SSSR count). The Balaban J connectivity index is 1.49. The van der Waals surface area contributed by atoms with Crippen LogP contribution in [-0.2, 0) is 13.1 Å². The van der Waals surface area contributed by atoms with Crippen LogP contribution in [-0.4, -0.2) is 28.1 Å². The molecule has 0 unspecified atom stereocenters. The number of hydrogen-bond acceptors (Lipinski definition) is 5. The van der Waals surface area contributed by atoms with Crippen LogP contribution in [0.15, 0.2) is 53.1 Å². The highest BCUT2D eigenvalue weighted by Gasteiger charge is 2.13. The molecule has 3 aromatic rings. The summed E-state index contributed by atoms with van der Waals surface area (Å²) in [6.45, 7) is 3.96. The fraction of sp³-hybridized carbons (Fsp3) is 0.300. The first kappa shape index (κ1) is 16.0. The van der Waals surface area contributed by atoms with Crippen molar-refractivity contribution in [1.82, 2.24) is 15.0 Å². The highest BCUT2D eigenvalue weighted by atomic mass is 16.5. The molecule has 0 amide bonds. The Labute approximate surface area is 147 Å². The quantitative estimate of drug-likeness (QED) is 0.774. The van der Waals surface area contributed by atoms with E-state index in [0.717, 1.165) is 23.2 Å². The molecule has 1 aromatic heterocycles. The van der Waals surface area contributed by atoms with Crippen LogP contribution in [0.1, 0.15) is 24.0 Å². The van der Waals surface area contributed by atoms with E-state index >= 15 is 0 Å². The lowest BCUT2D eigenvalue weighted by Crippen LogP contribution is -2.18. The Morgan fingerprint density at radius 3 is 2.20 bits per heavy atom. The molecule has 5 nitrogen and oxygen atoms in total. The minimum Gasteiger partial charge on any atom is -0.334 e.